The number of hydrogen-bond donors (Lipinski definition) is 1. The highest BCUT2D eigenvalue weighted by atomic mass is 19.1. The molecule has 1 aliphatic rings. The molecule has 2 atom stereocenters. The summed E-state index contributed by atoms with van der Waals surface area (Å²) in [6, 6.07) is 8.00. The van der Waals surface area contributed by atoms with Gasteiger partial charge in [0.2, 0.25) is 5.91 Å². The molecule has 0 radical (unpaired) electrons. The van der Waals surface area contributed by atoms with Crippen LogP contribution in [0.1, 0.15) is 30.1 Å². The number of carbonyl (C=O) groups is 1. The van der Waals surface area contributed by atoms with Gasteiger partial charge in [0.05, 0.1) is 12.1 Å². The van der Waals surface area contributed by atoms with Crippen molar-refractivity contribution in [2.75, 3.05) is 6.54 Å². The molecule has 1 N–H and O–H groups in total. The summed E-state index contributed by atoms with van der Waals surface area (Å²) in [5.74, 6) is -1.34. The molecular formula is C18H18F2N2O2. The molecule has 1 saturated heterocycles. The Kier molecular flexibility index (Phi) is 4.85. The summed E-state index contributed by atoms with van der Waals surface area (Å²) in [6.07, 6.45) is 1.79. The van der Waals surface area contributed by atoms with E-state index in [0.29, 0.717) is 6.42 Å². The summed E-state index contributed by atoms with van der Waals surface area (Å²) >= 11 is 0. The number of halogens is 2. The molecule has 6 heteroatoms. The molecule has 24 heavy (non-hydrogen) atoms. The van der Waals surface area contributed by atoms with E-state index in [1.54, 1.807) is 12.3 Å². The molecule has 4 nitrogen and oxygen atoms in total. The Labute approximate surface area is 138 Å². The lowest BCUT2D eigenvalue weighted by atomic mass is 10.0. The zero-order valence-electron chi connectivity index (χ0n) is 13.0. The third kappa shape index (κ3) is 3.59. The number of β-amino-alcohol motifs (C(OH)–C–C–N with tert-alkyl or cyclic N) is 1. The first-order valence-corrected chi connectivity index (χ1v) is 7.87. The zero-order chi connectivity index (χ0) is 17.1. The fourth-order valence-electron chi connectivity index (χ4n) is 3.08. The minimum atomic E-state index is -0.739. The van der Waals surface area contributed by atoms with Crippen LogP contribution in [0.15, 0.2) is 42.6 Å². The normalized spacial score (nSPS) is 20.4. The minimum Gasteiger partial charge on any atom is -0.391 e. The number of likely N-dealkylation sites (tertiary alicyclic amines) is 1. The third-order valence-corrected chi connectivity index (χ3v) is 4.24. The number of rotatable bonds is 4. The minimum absolute atomic E-state index is 0.109. The van der Waals surface area contributed by atoms with E-state index in [9.17, 15) is 18.7 Å². The monoisotopic (exact) mass is 332 g/mol. The van der Waals surface area contributed by atoms with Crippen molar-refractivity contribution in [3.05, 3.63) is 65.5 Å². The van der Waals surface area contributed by atoms with Crippen LogP contribution >= 0.6 is 0 Å². The van der Waals surface area contributed by atoms with Gasteiger partial charge in [0, 0.05) is 30.4 Å². The van der Waals surface area contributed by atoms with Gasteiger partial charge in [0.15, 0.2) is 0 Å². The largest absolute Gasteiger partial charge is 0.391 e. The van der Waals surface area contributed by atoms with Gasteiger partial charge in [-0.1, -0.05) is 6.07 Å². The number of aliphatic hydroxyl groups excluding tert-OH is 1. The maximum Gasteiger partial charge on any atom is 0.223 e. The standard InChI is InChI=1S/C18H18F2N2O2/c19-12-4-6-16(20)15(9-12)17-10-14(23)11-22(17)18(24)7-5-13-3-1-2-8-21-13/h1-4,6,8-9,14,17,23H,5,7,10-11H2/t14-,17-/m1/s1. The Bertz CT molecular complexity index is 724. The van der Waals surface area contributed by atoms with Crippen LogP contribution in [0, 0.1) is 11.6 Å². The van der Waals surface area contributed by atoms with Gasteiger partial charge >= 0.3 is 0 Å². The van der Waals surface area contributed by atoms with Gasteiger partial charge in [-0.05, 0) is 43.2 Å². The van der Waals surface area contributed by atoms with Gasteiger partial charge in [-0.2, -0.15) is 0 Å². The van der Waals surface area contributed by atoms with Crippen molar-refractivity contribution in [2.24, 2.45) is 0 Å². The number of nitrogens with zero attached hydrogens (tertiary/aromatic N) is 2. The Morgan fingerprint density at radius 2 is 2.12 bits per heavy atom. The number of carbonyl (C=O) groups excluding carboxylic acids is 1. The Morgan fingerprint density at radius 1 is 1.29 bits per heavy atom. The summed E-state index contributed by atoms with van der Waals surface area (Å²) in [5, 5.41) is 9.90. The predicted molar refractivity (Wildman–Crippen MR) is 84.0 cm³/mol. The molecule has 0 bridgehead atoms. The smallest absolute Gasteiger partial charge is 0.223 e. The summed E-state index contributed by atoms with van der Waals surface area (Å²) < 4.78 is 27.5. The van der Waals surface area contributed by atoms with Gasteiger partial charge in [0.1, 0.15) is 11.6 Å². The van der Waals surface area contributed by atoms with Crippen molar-refractivity contribution < 1.29 is 18.7 Å². The summed E-state index contributed by atoms with van der Waals surface area (Å²) in [7, 11) is 0. The summed E-state index contributed by atoms with van der Waals surface area (Å²) in [4.78, 5) is 18.1. The number of aromatic nitrogens is 1. The van der Waals surface area contributed by atoms with Crippen LogP contribution in [0.2, 0.25) is 0 Å². The molecule has 1 aliphatic heterocycles. The zero-order valence-corrected chi connectivity index (χ0v) is 13.0. The number of hydrogen-bond acceptors (Lipinski definition) is 3. The maximum atomic E-state index is 14.0. The van der Waals surface area contributed by atoms with Crippen molar-refractivity contribution >= 4 is 5.91 Å². The SMILES string of the molecule is O=C(CCc1ccccn1)N1C[C@H](O)C[C@@H]1c1cc(F)ccc1F. The molecule has 1 aromatic carbocycles. The van der Waals surface area contributed by atoms with Gasteiger partial charge < -0.3 is 10.0 Å². The topological polar surface area (TPSA) is 53.4 Å². The van der Waals surface area contributed by atoms with Crippen molar-refractivity contribution in [1.82, 2.24) is 9.88 Å². The van der Waals surface area contributed by atoms with Gasteiger partial charge in [0.25, 0.3) is 0 Å². The second-order valence-corrected chi connectivity index (χ2v) is 5.94. The summed E-state index contributed by atoms with van der Waals surface area (Å²) in [5.41, 5.74) is 0.900. The van der Waals surface area contributed by atoms with E-state index in [0.717, 1.165) is 23.9 Å². The van der Waals surface area contributed by atoms with Gasteiger partial charge in [-0.15, -0.1) is 0 Å². The molecule has 3 rings (SSSR count). The lowest BCUT2D eigenvalue weighted by Gasteiger charge is -2.25. The van der Waals surface area contributed by atoms with Crippen LogP contribution in [-0.2, 0) is 11.2 Å². The Hall–Kier alpha value is -2.34. The fraction of sp³-hybridized carbons (Fsp3) is 0.333. The number of benzene rings is 1. The first kappa shape index (κ1) is 16.5. The van der Waals surface area contributed by atoms with E-state index in [2.05, 4.69) is 4.98 Å². The van der Waals surface area contributed by atoms with E-state index in [4.69, 9.17) is 0 Å². The Morgan fingerprint density at radius 3 is 2.88 bits per heavy atom. The van der Waals surface area contributed by atoms with E-state index in [-0.39, 0.29) is 30.9 Å². The molecule has 2 heterocycles. The molecule has 1 amide bonds. The van der Waals surface area contributed by atoms with Gasteiger partial charge in [-0.25, -0.2) is 8.78 Å². The van der Waals surface area contributed by atoms with Crippen LogP contribution in [0.5, 0.6) is 0 Å². The predicted octanol–water partition coefficient (Wildman–Crippen LogP) is 2.63. The highest BCUT2D eigenvalue weighted by Gasteiger charge is 2.36. The average Bonchev–Trinajstić information content (AvgIpc) is 2.97. The number of aryl methyl sites for hydroxylation is 1. The van der Waals surface area contributed by atoms with Gasteiger partial charge in [-0.3, -0.25) is 9.78 Å². The molecule has 0 aliphatic carbocycles. The number of pyridine rings is 1. The van der Waals surface area contributed by atoms with Crippen molar-refractivity contribution in [3.63, 3.8) is 0 Å². The molecular weight excluding hydrogens is 314 g/mol. The average molecular weight is 332 g/mol. The van der Waals surface area contributed by atoms with Crippen molar-refractivity contribution in [3.8, 4) is 0 Å². The lowest BCUT2D eigenvalue weighted by Crippen LogP contribution is -2.32. The van der Waals surface area contributed by atoms with Crippen LogP contribution in [0.3, 0.4) is 0 Å². The fourth-order valence-corrected chi connectivity index (χ4v) is 3.08. The first-order chi connectivity index (χ1) is 11.5. The molecule has 126 valence electrons. The van der Waals surface area contributed by atoms with E-state index in [1.165, 1.54) is 4.90 Å². The molecule has 0 unspecified atom stereocenters. The lowest BCUT2D eigenvalue weighted by molar-refractivity contribution is -0.132. The third-order valence-electron chi connectivity index (χ3n) is 4.24. The van der Waals surface area contributed by atoms with Crippen LogP contribution < -0.4 is 0 Å². The number of aliphatic hydroxyl groups is 1. The summed E-state index contributed by atoms with van der Waals surface area (Å²) in [6.45, 7) is 0.127. The Balaban J connectivity index is 1.75. The molecule has 2 aromatic rings. The second kappa shape index (κ2) is 7.05. The molecule has 0 spiro atoms. The van der Waals surface area contributed by atoms with E-state index >= 15 is 0 Å². The van der Waals surface area contributed by atoms with Crippen molar-refractivity contribution in [1.29, 1.82) is 0 Å². The number of amides is 1. The van der Waals surface area contributed by atoms with E-state index in [1.807, 2.05) is 12.1 Å². The molecule has 1 fully saturated rings. The van der Waals surface area contributed by atoms with Crippen molar-refractivity contribution in [2.45, 2.75) is 31.4 Å². The van der Waals surface area contributed by atoms with E-state index < -0.39 is 23.8 Å². The van der Waals surface area contributed by atoms with Crippen LogP contribution in [0.4, 0.5) is 8.78 Å². The highest BCUT2D eigenvalue weighted by molar-refractivity contribution is 5.77. The highest BCUT2D eigenvalue weighted by Crippen LogP contribution is 2.34. The van der Waals surface area contributed by atoms with Crippen LogP contribution in [-0.4, -0.2) is 33.5 Å². The van der Waals surface area contributed by atoms with Crippen LogP contribution in [0.25, 0.3) is 0 Å². The quantitative estimate of drug-likeness (QED) is 0.936. The molecule has 0 saturated carbocycles. The first-order valence-electron chi connectivity index (χ1n) is 7.87. The second-order valence-electron chi connectivity index (χ2n) is 5.94. The maximum absolute atomic E-state index is 14.0. The molecule has 1 aromatic heterocycles.